The van der Waals surface area contributed by atoms with Crippen LogP contribution in [0.25, 0.3) is 11.3 Å². The van der Waals surface area contributed by atoms with Gasteiger partial charge in [0.05, 0.1) is 12.1 Å². The van der Waals surface area contributed by atoms with E-state index in [2.05, 4.69) is 5.32 Å². The zero-order chi connectivity index (χ0) is 19.7. The van der Waals surface area contributed by atoms with Crippen molar-refractivity contribution in [2.75, 3.05) is 5.32 Å². The van der Waals surface area contributed by atoms with Gasteiger partial charge in [0.25, 0.3) is 0 Å². The van der Waals surface area contributed by atoms with Crippen molar-refractivity contribution in [3.8, 4) is 11.3 Å². The lowest BCUT2D eigenvalue weighted by Gasteiger charge is -2.14. The van der Waals surface area contributed by atoms with Crippen LogP contribution in [0.5, 0.6) is 0 Å². The Labute approximate surface area is 167 Å². The maximum Gasteiger partial charge on any atom is 0.221 e. The SMILES string of the molecule is NC(=O)Cc1ccc(Nc2cc(-c3cccc(Cl)c3)nc3c2CCC3)cc1F. The van der Waals surface area contributed by atoms with Gasteiger partial charge in [-0.15, -0.1) is 0 Å². The van der Waals surface area contributed by atoms with Gasteiger partial charge >= 0.3 is 0 Å². The largest absolute Gasteiger partial charge is 0.369 e. The molecule has 28 heavy (non-hydrogen) atoms. The van der Waals surface area contributed by atoms with Crippen LogP contribution in [0, 0.1) is 5.82 Å². The van der Waals surface area contributed by atoms with E-state index in [9.17, 15) is 9.18 Å². The number of amides is 1. The molecule has 0 atom stereocenters. The second-order valence-corrected chi connectivity index (χ2v) is 7.35. The number of nitrogens with zero attached hydrogens (tertiary/aromatic N) is 1. The number of aromatic nitrogens is 1. The van der Waals surface area contributed by atoms with Crippen molar-refractivity contribution < 1.29 is 9.18 Å². The molecule has 1 aliphatic rings. The fourth-order valence-electron chi connectivity index (χ4n) is 3.56. The lowest BCUT2D eigenvalue weighted by Crippen LogP contribution is -2.14. The summed E-state index contributed by atoms with van der Waals surface area (Å²) in [5.74, 6) is -1.01. The fourth-order valence-corrected chi connectivity index (χ4v) is 3.75. The summed E-state index contributed by atoms with van der Waals surface area (Å²) in [6.07, 6.45) is 2.78. The van der Waals surface area contributed by atoms with Crippen LogP contribution in [0.3, 0.4) is 0 Å². The average molecular weight is 396 g/mol. The molecule has 0 saturated carbocycles. The summed E-state index contributed by atoms with van der Waals surface area (Å²) in [7, 11) is 0. The summed E-state index contributed by atoms with van der Waals surface area (Å²) in [5, 5.41) is 3.98. The first-order valence-electron chi connectivity index (χ1n) is 9.12. The molecule has 6 heteroatoms. The van der Waals surface area contributed by atoms with E-state index in [0.717, 1.165) is 47.5 Å². The zero-order valence-electron chi connectivity index (χ0n) is 15.1. The minimum Gasteiger partial charge on any atom is -0.369 e. The Kier molecular flexibility index (Phi) is 5.01. The van der Waals surface area contributed by atoms with Crippen molar-refractivity contribution >= 4 is 28.9 Å². The Hall–Kier alpha value is -2.92. The molecule has 2 aromatic carbocycles. The number of carbonyl (C=O) groups is 1. The van der Waals surface area contributed by atoms with E-state index < -0.39 is 11.7 Å². The van der Waals surface area contributed by atoms with Crippen molar-refractivity contribution in [1.82, 2.24) is 4.98 Å². The second kappa shape index (κ2) is 7.60. The highest BCUT2D eigenvalue weighted by molar-refractivity contribution is 6.30. The maximum absolute atomic E-state index is 14.3. The van der Waals surface area contributed by atoms with Crippen molar-refractivity contribution in [3.05, 3.63) is 76.2 Å². The minimum atomic E-state index is -0.558. The molecule has 4 nitrogen and oxygen atoms in total. The van der Waals surface area contributed by atoms with Gasteiger partial charge in [-0.25, -0.2) is 4.39 Å². The molecule has 3 N–H and O–H groups in total. The quantitative estimate of drug-likeness (QED) is 0.652. The highest BCUT2D eigenvalue weighted by Crippen LogP contribution is 2.34. The molecule has 1 aliphatic carbocycles. The van der Waals surface area contributed by atoms with E-state index in [-0.39, 0.29) is 12.0 Å². The predicted octanol–water partition coefficient (Wildman–Crippen LogP) is 4.80. The van der Waals surface area contributed by atoms with Crippen LogP contribution >= 0.6 is 11.6 Å². The van der Waals surface area contributed by atoms with E-state index in [1.165, 1.54) is 6.07 Å². The predicted molar refractivity (Wildman–Crippen MR) is 109 cm³/mol. The lowest BCUT2D eigenvalue weighted by atomic mass is 10.1. The van der Waals surface area contributed by atoms with Gasteiger partial charge in [-0.1, -0.05) is 29.8 Å². The standard InChI is InChI=1S/C22H19ClFN3O/c23-15-4-1-3-14(9-15)20-12-21(17-5-2-6-19(17)27-20)26-16-8-7-13(10-22(25)28)18(24)11-16/h1,3-4,7-9,11-12H,2,5-6,10H2,(H2,25,28)(H,26,27). The van der Waals surface area contributed by atoms with Crippen molar-refractivity contribution in [2.45, 2.75) is 25.7 Å². The summed E-state index contributed by atoms with van der Waals surface area (Å²) in [6.45, 7) is 0. The molecular weight excluding hydrogens is 377 g/mol. The molecule has 0 unspecified atom stereocenters. The van der Waals surface area contributed by atoms with Crippen LogP contribution in [0.1, 0.15) is 23.2 Å². The number of hydrogen-bond acceptors (Lipinski definition) is 3. The smallest absolute Gasteiger partial charge is 0.221 e. The first-order chi connectivity index (χ1) is 13.5. The molecule has 0 bridgehead atoms. The second-order valence-electron chi connectivity index (χ2n) is 6.92. The molecule has 142 valence electrons. The summed E-state index contributed by atoms with van der Waals surface area (Å²) in [6, 6.07) is 14.3. The fraction of sp³-hybridized carbons (Fsp3) is 0.182. The molecule has 3 aromatic rings. The van der Waals surface area contributed by atoms with Crippen LogP contribution < -0.4 is 11.1 Å². The Morgan fingerprint density at radius 2 is 2.04 bits per heavy atom. The van der Waals surface area contributed by atoms with Gasteiger partial charge < -0.3 is 11.1 Å². The Morgan fingerprint density at radius 1 is 1.18 bits per heavy atom. The number of rotatable bonds is 5. The number of halogens is 2. The normalized spacial score (nSPS) is 12.6. The first kappa shape index (κ1) is 18.4. The van der Waals surface area contributed by atoms with Crippen LogP contribution in [0.4, 0.5) is 15.8 Å². The number of nitrogens with two attached hydrogens (primary N) is 1. The highest BCUT2D eigenvalue weighted by Gasteiger charge is 2.19. The molecule has 4 rings (SSSR count). The summed E-state index contributed by atoms with van der Waals surface area (Å²) in [5.41, 5.74) is 11.0. The minimum absolute atomic E-state index is 0.115. The molecule has 0 spiro atoms. The van der Waals surface area contributed by atoms with Gasteiger partial charge in [-0.3, -0.25) is 9.78 Å². The summed E-state index contributed by atoms with van der Waals surface area (Å²) in [4.78, 5) is 15.9. The topological polar surface area (TPSA) is 68.0 Å². The van der Waals surface area contributed by atoms with Gasteiger partial charge in [0.1, 0.15) is 5.82 Å². The van der Waals surface area contributed by atoms with E-state index in [1.54, 1.807) is 12.1 Å². The number of carbonyl (C=O) groups excluding carboxylic acids is 1. The van der Waals surface area contributed by atoms with E-state index in [0.29, 0.717) is 10.7 Å². The Balaban J connectivity index is 1.70. The van der Waals surface area contributed by atoms with E-state index in [4.69, 9.17) is 22.3 Å². The van der Waals surface area contributed by atoms with Crippen molar-refractivity contribution in [3.63, 3.8) is 0 Å². The molecule has 1 heterocycles. The number of fused-ring (bicyclic) bond motifs is 1. The van der Waals surface area contributed by atoms with Crippen LogP contribution in [-0.2, 0) is 24.1 Å². The summed E-state index contributed by atoms with van der Waals surface area (Å²) >= 11 is 6.13. The third kappa shape index (κ3) is 3.85. The molecule has 0 aliphatic heterocycles. The molecule has 0 radical (unpaired) electrons. The van der Waals surface area contributed by atoms with E-state index >= 15 is 0 Å². The number of pyridine rings is 1. The molecule has 1 amide bonds. The Morgan fingerprint density at radius 3 is 2.79 bits per heavy atom. The van der Waals surface area contributed by atoms with Crippen LogP contribution in [0.2, 0.25) is 5.02 Å². The van der Waals surface area contributed by atoms with Gasteiger partial charge in [-0.05, 0) is 60.7 Å². The molecule has 0 fully saturated rings. The highest BCUT2D eigenvalue weighted by atomic mass is 35.5. The van der Waals surface area contributed by atoms with Crippen LogP contribution in [0.15, 0.2) is 48.5 Å². The number of anilines is 2. The van der Waals surface area contributed by atoms with Crippen molar-refractivity contribution in [1.29, 1.82) is 0 Å². The average Bonchev–Trinajstić information content (AvgIpc) is 3.12. The lowest BCUT2D eigenvalue weighted by molar-refractivity contribution is -0.117. The Bertz CT molecular complexity index is 1070. The molecular formula is C22H19ClFN3O. The third-order valence-electron chi connectivity index (χ3n) is 4.87. The van der Waals surface area contributed by atoms with E-state index in [1.807, 2.05) is 30.3 Å². The number of aryl methyl sites for hydroxylation is 1. The van der Waals surface area contributed by atoms with Gasteiger partial charge in [0.2, 0.25) is 5.91 Å². The number of hydrogen-bond donors (Lipinski definition) is 2. The maximum atomic E-state index is 14.3. The third-order valence-corrected chi connectivity index (χ3v) is 5.10. The van der Waals surface area contributed by atoms with Gasteiger partial charge in [0, 0.05) is 27.7 Å². The van der Waals surface area contributed by atoms with Crippen molar-refractivity contribution in [2.24, 2.45) is 5.73 Å². The van der Waals surface area contributed by atoms with Crippen LogP contribution in [-0.4, -0.2) is 10.9 Å². The first-order valence-corrected chi connectivity index (χ1v) is 9.50. The number of benzene rings is 2. The molecule has 1 aromatic heterocycles. The number of nitrogens with one attached hydrogen (secondary N) is 1. The number of primary amides is 1. The zero-order valence-corrected chi connectivity index (χ0v) is 15.9. The summed E-state index contributed by atoms with van der Waals surface area (Å²) < 4.78 is 14.3. The van der Waals surface area contributed by atoms with Gasteiger partial charge in [-0.2, -0.15) is 0 Å². The van der Waals surface area contributed by atoms with Gasteiger partial charge in [0.15, 0.2) is 0 Å². The molecule has 0 saturated heterocycles. The monoisotopic (exact) mass is 395 g/mol.